The molecule has 0 aromatic heterocycles. The first-order chi connectivity index (χ1) is 15.2. The second-order valence-corrected chi connectivity index (χ2v) is 10.2. The highest BCUT2D eigenvalue weighted by Gasteiger charge is 2.35. The van der Waals surface area contributed by atoms with Gasteiger partial charge in [-0.1, -0.05) is 82.1 Å². The van der Waals surface area contributed by atoms with Crippen LogP contribution in [0, 0.1) is 29.6 Å². The summed E-state index contributed by atoms with van der Waals surface area (Å²) in [6.07, 6.45) is 15.4. The molecule has 0 bridgehead atoms. The topological polar surface area (TPSA) is 0 Å². The van der Waals surface area contributed by atoms with Crippen LogP contribution in [0.3, 0.4) is 0 Å². The van der Waals surface area contributed by atoms with Gasteiger partial charge in [0.25, 0.3) is 0 Å². The minimum atomic E-state index is 0.765. The molecule has 4 unspecified atom stereocenters. The molecular weight excluding hydrogens is 372 g/mol. The van der Waals surface area contributed by atoms with Gasteiger partial charge in [-0.15, -0.1) is 0 Å². The van der Waals surface area contributed by atoms with E-state index in [1.807, 2.05) is 0 Å². The summed E-state index contributed by atoms with van der Waals surface area (Å²) < 4.78 is 0. The predicted molar refractivity (Wildman–Crippen MR) is 133 cm³/mol. The zero-order chi connectivity index (χ0) is 21.5. The van der Waals surface area contributed by atoms with Crippen molar-refractivity contribution in [3.63, 3.8) is 0 Å². The van der Waals surface area contributed by atoms with E-state index >= 15 is 0 Å². The summed E-state index contributed by atoms with van der Waals surface area (Å²) in [6, 6.07) is 17.9. The smallest absolute Gasteiger partial charge is 0.0249 e. The summed E-state index contributed by atoms with van der Waals surface area (Å²) in [7, 11) is 0. The normalized spacial score (nSPS) is 25.4. The molecular formula is C31H40. The second kappa shape index (κ2) is 11.0. The van der Waals surface area contributed by atoms with Crippen LogP contribution in [0.1, 0.15) is 106 Å². The van der Waals surface area contributed by atoms with Gasteiger partial charge < -0.3 is 0 Å². The number of hydrogen-bond acceptors (Lipinski definition) is 0. The van der Waals surface area contributed by atoms with Crippen LogP contribution >= 0.6 is 0 Å². The van der Waals surface area contributed by atoms with Crippen molar-refractivity contribution < 1.29 is 0 Å². The van der Waals surface area contributed by atoms with Crippen LogP contribution in [0.5, 0.6) is 0 Å². The molecule has 2 saturated carbocycles. The first-order valence-electron chi connectivity index (χ1n) is 13.0. The molecule has 0 heterocycles. The van der Waals surface area contributed by atoms with E-state index in [-0.39, 0.29) is 0 Å². The number of benzene rings is 2. The maximum absolute atomic E-state index is 3.36. The fraction of sp³-hybridized carbons (Fsp3) is 0.548. The lowest BCUT2D eigenvalue weighted by molar-refractivity contribution is 0.113. The van der Waals surface area contributed by atoms with E-state index in [9.17, 15) is 0 Å². The Balaban J connectivity index is 1.32. The minimum absolute atomic E-state index is 0.765. The highest BCUT2D eigenvalue weighted by atomic mass is 14.4. The molecule has 0 spiro atoms. The Bertz CT molecular complexity index is 861. The zero-order valence-electron chi connectivity index (χ0n) is 19.7. The summed E-state index contributed by atoms with van der Waals surface area (Å²) in [5.41, 5.74) is 5.19. The van der Waals surface area contributed by atoms with Gasteiger partial charge in [-0.25, -0.2) is 0 Å². The van der Waals surface area contributed by atoms with Crippen LogP contribution in [0.4, 0.5) is 0 Å². The van der Waals surface area contributed by atoms with Crippen LogP contribution < -0.4 is 0 Å². The molecule has 2 aromatic carbocycles. The summed E-state index contributed by atoms with van der Waals surface area (Å²) in [4.78, 5) is 0. The van der Waals surface area contributed by atoms with Gasteiger partial charge in [0, 0.05) is 11.1 Å². The van der Waals surface area contributed by atoms with Crippen LogP contribution in [-0.2, 0) is 6.42 Å². The molecule has 0 amide bonds. The van der Waals surface area contributed by atoms with Crippen molar-refractivity contribution in [3.8, 4) is 11.8 Å². The number of unbranched alkanes of at least 4 members (excludes halogenated alkanes) is 1. The quantitative estimate of drug-likeness (QED) is 0.417. The van der Waals surface area contributed by atoms with Gasteiger partial charge in [0.2, 0.25) is 0 Å². The summed E-state index contributed by atoms with van der Waals surface area (Å²) in [5.74, 6) is 10.5. The van der Waals surface area contributed by atoms with Gasteiger partial charge in [-0.05, 0) is 97.6 Å². The lowest BCUT2D eigenvalue weighted by Crippen LogP contribution is -2.30. The molecule has 2 fully saturated rings. The van der Waals surface area contributed by atoms with Gasteiger partial charge in [-0.3, -0.25) is 0 Å². The fourth-order valence-electron chi connectivity index (χ4n) is 6.07. The van der Waals surface area contributed by atoms with Crippen molar-refractivity contribution in [1.29, 1.82) is 0 Å². The molecule has 2 aliphatic carbocycles. The monoisotopic (exact) mass is 412 g/mol. The Labute approximate surface area is 190 Å². The van der Waals surface area contributed by atoms with E-state index in [4.69, 9.17) is 0 Å². The summed E-state index contributed by atoms with van der Waals surface area (Å²) in [5, 5.41) is 0. The molecule has 4 atom stereocenters. The molecule has 0 saturated heterocycles. The van der Waals surface area contributed by atoms with E-state index in [2.05, 4.69) is 74.2 Å². The second-order valence-electron chi connectivity index (χ2n) is 10.2. The molecule has 0 radical (unpaired) electrons. The molecule has 0 nitrogen and oxygen atoms in total. The molecule has 0 aliphatic heterocycles. The van der Waals surface area contributed by atoms with Crippen molar-refractivity contribution in [2.45, 2.75) is 90.4 Å². The predicted octanol–water partition coefficient (Wildman–Crippen LogP) is 8.53. The Hall–Kier alpha value is -2.00. The first-order valence-corrected chi connectivity index (χ1v) is 13.0. The minimum Gasteiger partial charge on any atom is -0.0654 e. The van der Waals surface area contributed by atoms with Crippen molar-refractivity contribution in [2.75, 3.05) is 0 Å². The molecule has 2 aromatic rings. The van der Waals surface area contributed by atoms with Crippen molar-refractivity contribution in [2.24, 2.45) is 17.8 Å². The average Bonchev–Trinajstić information content (AvgIpc) is 2.82. The molecule has 4 rings (SSSR count). The van der Waals surface area contributed by atoms with Crippen LogP contribution in [0.2, 0.25) is 0 Å². The van der Waals surface area contributed by atoms with Crippen LogP contribution in [0.15, 0.2) is 48.5 Å². The van der Waals surface area contributed by atoms with Crippen LogP contribution in [0.25, 0.3) is 0 Å². The molecule has 164 valence electrons. The third kappa shape index (κ3) is 6.04. The number of aryl methyl sites for hydroxylation is 1. The largest absolute Gasteiger partial charge is 0.0654 e. The van der Waals surface area contributed by atoms with E-state index in [0.717, 1.165) is 41.2 Å². The first kappa shape index (κ1) is 22.2. The molecule has 2 aliphatic rings. The zero-order valence-corrected chi connectivity index (χ0v) is 19.7. The van der Waals surface area contributed by atoms with E-state index in [0.29, 0.717) is 0 Å². The van der Waals surface area contributed by atoms with Crippen molar-refractivity contribution >= 4 is 0 Å². The fourth-order valence-corrected chi connectivity index (χ4v) is 6.07. The van der Waals surface area contributed by atoms with Gasteiger partial charge in [0.05, 0.1) is 0 Å². The molecule has 0 heteroatoms. The summed E-state index contributed by atoms with van der Waals surface area (Å²) in [6.45, 7) is 4.56. The highest BCUT2D eigenvalue weighted by Crippen LogP contribution is 2.48. The lowest BCUT2D eigenvalue weighted by Gasteiger charge is -2.42. The van der Waals surface area contributed by atoms with Gasteiger partial charge in [0.1, 0.15) is 0 Å². The maximum Gasteiger partial charge on any atom is 0.0249 e. The van der Waals surface area contributed by atoms with E-state index < -0.39 is 0 Å². The van der Waals surface area contributed by atoms with Gasteiger partial charge >= 0.3 is 0 Å². The summed E-state index contributed by atoms with van der Waals surface area (Å²) >= 11 is 0. The number of fused-ring (bicyclic) bond motifs is 1. The highest BCUT2D eigenvalue weighted by molar-refractivity contribution is 5.44. The van der Waals surface area contributed by atoms with Gasteiger partial charge in [-0.2, -0.15) is 0 Å². The standard InChI is InChI=1S/C31H40/c1-3-5-7-27-16-19-31-23-30(21-20-29(31)22-27)28-17-14-26(15-18-28)13-12-25-10-8-24(6-4-2)9-11-25/h8-11,14-15,17-18,27,29-31H,3-7,16,19-23H2,1-2H3. The maximum atomic E-state index is 3.36. The Morgan fingerprint density at radius 1 is 0.710 bits per heavy atom. The van der Waals surface area contributed by atoms with Gasteiger partial charge in [0.15, 0.2) is 0 Å². The third-order valence-corrected chi connectivity index (χ3v) is 7.91. The Kier molecular flexibility index (Phi) is 7.91. The van der Waals surface area contributed by atoms with Crippen molar-refractivity contribution in [3.05, 3.63) is 70.8 Å². The Morgan fingerprint density at radius 2 is 1.35 bits per heavy atom. The lowest BCUT2D eigenvalue weighted by atomic mass is 9.63. The average molecular weight is 413 g/mol. The number of rotatable bonds is 6. The third-order valence-electron chi connectivity index (χ3n) is 7.91. The van der Waals surface area contributed by atoms with Crippen molar-refractivity contribution in [1.82, 2.24) is 0 Å². The Morgan fingerprint density at radius 3 is 2.03 bits per heavy atom. The van der Waals surface area contributed by atoms with E-state index in [1.165, 1.54) is 69.8 Å². The SMILES string of the molecule is CCCCC1CCC2CC(c3ccc(C#Cc4ccc(CCC)cc4)cc3)CCC2C1. The number of hydrogen-bond donors (Lipinski definition) is 0. The molecule has 0 N–H and O–H groups in total. The molecule has 31 heavy (non-hydrogen) atoms. The van der Waals surface area contributed by atoms with E-state index in [1.54, 1.807) is 5.56 Å². The van der Waals surface area contributed by atoms with Crippen LogP contribution in [-0.4, -0.2) is 0 Å².